The fourth-order valence-corrected chi connectivity index (χ4v) is 10.5. The maximum absolute atomic E-state index is 14.3. The van der Waals surface area contributed by atoms with Crippen molar-refractivity contribution in [2.24, 2.45) is 5.92 Å². The number of likely N-dealkylation sites (N-methyl/N-ethyl adjacent to an activating group) is 1. The molecule has 1 aliphatic carbocycles. The maximum Gasteiger partial charge on any atom is 0.284 e. The van der Waals surface area contributed by atoms with Gasteiger partial charge in [0.2, 0.25) is 11.8 Å². The number of fused-ring (bicyclic) bond motifs is 4. The minimum atomic E-state index is -2.87. The molecule has 350 valence electrons. The van der Waals surface area contributed by atoms with E-state index >= 15 is 0 Å². The summed E-state index contributed by atoms with van der Waals surface area (Å²) in [5.74, 6) is -1.54. The molecular weight excluding hydrogens is 859 g/mol. The summed E-state index contributed by atoms with van der Waals surface area (Å²) in [5, 5.41) is 16.8. The van der Waals surface area contributed by atoms with Gasteiger partial charge in [0, 0.05) is 70.3 Å². The van der Waals surface area contributed by atoms with E-state index < -0.39 is 47.7 Å². The molecule has 21 heteroatoms. The van der Waals surface area contributed by atoms with Gasteiger partial charge in [-0.1, -0.05) is 6.07 Å². The lowest BCUT2D eigenvalue weighted by Crippen LogP contribution is -2.54. The Labute approximate surface area is 379 Å². The number of halogens is 2. The summed E-state index contributed by atoms with van der Waals surface area (Å²) in [6.07, 6.45) is 7.16. The maximum atomic E-state index is 14.3. The minimum Gasteiger partial charge on any atom is -0.384 e. The second kappa shape index (κ2) is 18.4. The van der Waals surface area contributed by atoms with Crippen molar-refractivity contribution in [2.75, 3.05) is 81.6 Å². The van der Waals surface area contributed by atoms with Gasteiger partial charge in [0.15, 0.2) is 11.3 Å². The Morgan fingerprint density at radius 1 is 1.02 bits per heavy atom. The summed E-state index contributed by atoms with van der Waals surface area (Å²) in [6, 6.07) is 6.05. The topological polar surface area (TPSA) is 201 Å². The SMILES string of the molecule is CN(CCN1CCO[C@@H](CCNc2cccc3c2C(=O)N(C2CCC(=O)NC2=O)C3=O)C1)C[C@H]1CC[C@H](n2cc(NC(=O)c3cnn4ccc(N5C[C@H]6C[C@@H]5CO6)nc34)c(C(F)F)n2)CC1. The molecule has 0 spiro atoms. The van der Waals surface area contributed by atoms with Crippen LogP contribution in [0.1, 0.15) is 101 Å². The lowest BCUT2D eigenvalue weighted by atomic mass is 9.86. The lowest BCUT2D eigenvalue weighted by Gasteiger charge is -2.35. The monoisotopic (exact) mass is 912 g/mol. The highest BCUT2D eigenvalue weighted by molar-refractivity contribution is 6.25. The van der Waals surface area contributed by atoms with Crippen LogP contribution in [0.5, 0.6) is 0 Å². The number of nitrogens with one attached hydrogen (secondary N) is 3. The molecule has 5 amide bonds. The molecule has 4 atom stereocenters. The number of nitrogens with zero attached hydrogens (tertiary/aromatic N) is 9. The largest absolute Gasteiger partial charge is 0.384 e. The number of aromatic nitrogens is 5. The number of imide groups is 2. The molecule has 10 rings (SSSR count). The van der Waals surface area contributed by atoms with Gasteiger partial charge in [-0.2, -0.15) is 10.2 Å². The second-order valence-electron chi connectivity index (χ2n) is 18.4. The number of hydrogen-bond acceptors (Lipinski definition) is 14. The Morgan fingerprint density at radius 2 is 1.86 bits per heavy atom. The van der Waals surface area contributed by atoms with E-state index in [2.05, 4.69) is 47.9 Å². The summed E-state index contributed by atoms with van der Waals surface area (Å²) in [5.41, 5.74) is 1.05. The molecule has 66 heavy (non-hydrogen) atoms. The average molecular weight is 913 g/mol. The van der Waals surface area contributed by atoms with E-state index in [-0.39, 0.29) is 59.5 Å². The van der Waals surface area contributed by atoms with Gasteiger partial charge in [-0.3, -0.25) is 43.8 Å². The first kappa shape index (κ1) is 44.0. The van der Waals surface area contributed by atoms with Crippen LogP contribution in [0, 0.1) is 5.92 Å². The molecule has 1 saturated carbocycles. The third-order valence-electron chi connectivity index (χ3n) is 14.0. The van der Waals surface area contributed by atoms with Gasteiger partial charge in [-0.25, -0.2) is 18.3 Å². The fraction of sp³-hybridized carbons (Fsp3) is 0.556. The highest BCUT2D eigenvalue weighted by Gasteiger charge is 2.46. The van der Waals surface area contributed by atoms with Crippen LogP contribution in [-0.4, -0.2) is 159 Å². The van der Waals surface area contributed by atoms with Crippen molar-refractivity contribution in [3.63, 3.8) is 0 Å². The van der Waals surface area contributed by atoms with Crippen molar-refractivity contribution in [1.82, 2.24) is 44.4 Å². The van der Waals surface area contributed by atoms with E-state index in [0.29, 0.717) is 43.4 Å². The van der Waals surface area contributed by atoms with Crippen LogP contribution in [0.15, 0.2) is 42.9 Å². The first-order valence-electron chi connectivity index (χ1n) is 23.0. The van der Waals surface area contributed by atoms with E-state index in [1.165, 1.54) is 16.9 Å². The second-order valence-corrected chi connectivity index (χ2v) is 18.4. The lowest BCUT2D eigenvalue weighted by molar-refractivity contribution is -0.136. The summed E-state index contributed by atoms with van der Waals surface area (Å²) in [7, 11) is 2.13. The minimum absolute atomic E-state index is 0.0170. The van der Waals surface area contributed by atoms with Crippen LogP contribution in [0.2, 0.25) is 0 Å². The zero-order chi connectivity index (χ0) is 45.6. The molecule has 4 aromatic rings. The molecule has 1 aromatic carbocycles. The van der Waals surface area contributed by atoms with Gasteiger partial charge in [0.25, 0.3) is 24.1 Å². The normalized spacial score (nSPS) is 25.7. The summed E-state index contributed by atoms with van der Waals surface area (Å²) in [6.45, 7) is 6.72. The summed E-state index contributed by atoms with van der Waals surface area (Å²) >= 11 is 0. The number of piperidine rings is 1. The van der Waals surface area contributed by atoms with E-state index in [1.807, 2.05) is 6.07 Å². The molecule has 5 fully saturated rings. The molecule has 5 aliphatic heterocycles. The Bertz CT molecular complexity index is 2530. The zero-order valence-electron chi connectivity index (χ0n) is 36.7. The smallest absolute Gasteiger partial charge is 0.284 e. The number of carbonyl (C=O) groups is 5. The van der Waals surface area contributed by atoms with Crippen LogP contribution in [-0.2, 0) is 19.1 Å². The van der Waals surface area contributed by atoms with Crippen molar-refractivity contribution in [3.8, 4) is 0 Å². The van der Waals surface area contributed by atoms with E-state index in [9.17, 15) is 32.8 Å². The zero-order valence-corrected chi connectivity index (χ0v) is 36.7. The molecule has 19 nitrogen and oxygen atoms in total. The van der Waals surface area contributed by atoms with Crippen LogP contribution in [0.25, 0.3) is 5.65 Å². The number of carbonyl (C=O) groups excluding carboxylic acids is 5. The molecule has 6 aliphatic rings. The van der Waals surface area contributed by atoms with Gasteiger partial charge in [0.05, 0.1) is 60.5 Å². The highest BCUT2D eigenvalue weighted by Crippen LogP contribution is 2.37. The Balaban J connectivity index is 0.672. The molecule has 3 aromatic heterocycles. The van der Waals surface area contributed by atoms with Crippen molar-refractivity contribution < 1.29 is 42.2 Å². The van der Waals surface area contributed by atoms with Crippen LogP contribution in [0.4, 0.5) is 26.0 Å². The number of alkyl halides is 2. The molecule has 0 radical (unpaired) electrons. The van der Waals surface area contributed by atoms with Crippen LogP contribution < -0.4 is 20.9 Å². The molecule has 4 saturated heterocycles. The Hall–Kier alpha value is -5.90. The number of ether oxygens (including phenoxy) is 2. The van der Waals surface area contributed by atoms with Crippen molar-refractivity contribution >= 4 is 52.4 Å². The van der Waals surface area contributed by atoms with E-state index in [4.69, 9.17) is 14.5 Å². The van der Waals surface area contributed by atoms with Gasteiger partial charge >= 0.3 is 0 Å². The predicted octanol–water partition coefficient (Wildman–Crippen LogP) is 3.36. The number of hydrogen-bond donors (Lipinski definition) is 3. The quantitative estimate of drug-likeness (QED) is 0.147. The molecular formula is C45H54F2N12O7. The molecule has 1 unspecified atom stereocenters. The standard InChI is InChI=1S/C45H54F2N12O7/c1-54(15-16-55-17-18-65-29(22-55)11-13-48-33-4-2-3-31-38(33)45(64)59(44(31)63)35-9-10-37(60)52-43(35)62)21-26-5-7-27(8-6-26)58-24-34(39(53-58)40(46)47)50-42(61)32-20-49-57-14-12-36(51-41(32)57)56-23-30-19-28(56)25-66-30/h2-4,12,14,20,24,26-30,35,40,48H,5-11,13,15-19,21-23,25H2,1H3,(H,50,61)(H,52,60,62)/t26-,27-,28-,29+,30-,35?/m1/s1. The predicted molar refractivity (Wildman–Crippen MR) is 235 cm³/mol. The summed E-state index contributed by atoms with van der Waals surface area (Å²) < 4.78 is 43.6. The van der Waals surface area contributed by atoms with E-state index in [1.54, 1.807) is 29.1 Å². The van der Waals surface area contributed by atoms with Crippen LogP contribution in [0.3, 0.4) is 0 Å². The molecule has 2 bridgehead atoms. The number of rotatable bonds is 15. The number of anilines is 3. The fourth-order valence-electron chi connectivity index (χ4n) is 10.5. The Morgan fingerprint density at radius 3 is 2.64 bits per heavy atom. The Kier molecular flexibility index (Phi) is 12.3. The first-order valence-corrected chi connectivity index (χ1v) is 23.0. The molecule has 3 N–H and O–H groups in total. The number of morpholine rings is 2. The van der Waals surface area contributed by atoms with Crippen molar-refractivity contribution in [2.45, 2.75) is 88.1 Å². The van der Waals surface area contributed by atoms with Gasteiger partial charge in [-0.05, 0) is 76.1 Å². The van der Waals surface area contributed by atoms with E-state index in [0.717, 1.165) is 82.1 Å². The third kappa shape index (κ3) is 8.75. The number of amides is 5. The first-order chi connectivity index (χ1) is 32.0. The highest BCUT2D eigenvalue weighted by atomic mass is 19.3. The average Bonchev–Trinajstić information content (AvgIpc) is 4.16. The van der Waals surface area contributed by atoms with Crippen molar-refractivity contribution in [3.05, 3.63) is 65.2 Å². The van der Waals surface area contributed by atoms with Gasteiger partial charge in [-0.15, -0.1) is 0 Å². The van der Waals surface area contributed by atoms with Crippen LogP contribution >= 0.6 is 0 Å². The number of benzene rings is 1. The molecule has 8 heterocycles. The van der Waals surface area contributed by atoms with Crippen molar-refractivity contribution in [1.29, 1.82) is 0 Å². The van der Waals surface area contributed by atoms with Gasteiger partial charge < -0.3 is 29.9 Å². The van der Waals surface area contributed by atoms with Gasteiger partial charge in [0.1, 0.15) is 17.4 Å². The summed E-state index contributed by atoms with van der Waals surface area (Å²) in [4.78, 5) is 77.1. The third-order valence-corrected chi connectivity index (χ3v) is 14.0.